The molecule has 0 spiro atoms. The van der Waals surface area contributed by atoms with Crippen molar-refractivity contribution in [1.82, 2.24) is 10.3 Å². The van der Waals surface area contributed by atoms with Gasteiger partial charge >= 0.3 is 6.03 Å². The molecule has 3 rings (SSSR count). The second kappa shape index (κ2) is 10.2. The lowest BCUT2D eigenvalue weighted by Gasteiger charge is -2.29. The van der Waals surface area contributed by atoms with Gasteiger partial charge in [0.1, 0.15) is 6.10 Å². The van der Waals surface area contributed by atoms with E-state index in [1.807, 2.05) is 0 Å². The standard InChI is InChI=1S/C21H26ClN3O5/c1-27-17-10-15(11-18(28-2)20(17)29-3)25-21(26)24-14-5-7-16(8-6-14)30-19-9-4-13(22)12-23-19/h4,9-12,14,16H,5-8H2,1-3H3,(H2,24,25,26). The van der Waals surface area contributed by atoms with E-state index in [1.165, 1.54) is 21.3 Å². The largest absolute Gasteiger partial charge is 0.493 e. The van der Waals surface area contributed by atoms with Crippen LogP contribution in [-0.4, -0.2) is 44.5 Å². The van der Waals surface area contributed by atoms with Crippen LogP contribution in [0.3, 0.4) is 0 Å². The van der Waals surface area contributed by atoms with Crippen molar-refractivity contribution in [1.29, 1.82) is 0 Å². The minimum absolute atomic E-state index is 0.0741. The van der Waals surface area contributed by atoms with E-state index < -0.39 is 0 Å². The number of anilines is 1. The van der Waals surface area contributed by atoms with Gasteiger partial charge in [-0.25, -0.2) is 9.78 Å². The number of hydrogen-bond donors (Lipinski definition) is 2. The Hall–Kier alpha value is -2.87. The van der Waals surface area contributed by atoms with Crippen molar-refractivity contribution < 1.29 is 23.7 Å². The maximum atomic E-state index is 12.5. The van der Waals surface area contributed by atoms with Gasteiger partial charge < -0.3 is 29.6 Å². The first-order valence-corrected chi connectivity index (χ1v) is 10.1. The third-order valence-electron chi connectivity index (χ3n) is 4.92. The van der Waals surface area contributed by atoms with Crippen molar-refractivity contribution in [2.75, 3.05) is 26.6 Å². The smallest absolute Gasteiger partial charge is 0.319 e. The Balaban J connectivity index is 1.51. The number of carbonyl (C=O) groups excluding carboxylic acids is 1. The number of urea groups is 1. The molecule has 162 valence electrons. The first-order valence-electron chi connectivity index (χ1n) is 9.68. The lowest BCUT2D eigenvalue weighted by Crippen LogP contribution is -2.41. The van der Waals surface area contributed by atoms with Gasteiger partial charge in [-0.15, -0.1) is 0 Å². The molecule has 1 aromatic heterocycles. The molecule has 0 bridgehead atoms. The van der Waals surface area contributed by atoms with Crippen molar-refractivity contribution in [3.8, 4) is 23.1 Å². The molecule has 1 aromatic carbocycles. The number of amides is 2. The number of rotatable bonds is 7. The summed E-state index contributed by atoms with van der Waals surface area (Å²) in [6.45, 7) is 0. The van der Waals surface area contributed by atoms with E-state index in [0.29, 0.717) is 33.8 Å². The van der Waals surface area contributed by atoms with Gasteiger partial charge in [-0.2, -0.15) is 0 Å². The van der Waals surface area contributed by atoms with Crippen LogP contribution in [-0.2, 0) is 0 Å². The maximum absolute atomic E-state index is 12.5. The average Bonchev–Trinajstić information content (AvgIpc) is 2.75. The van der Waals surface area contributed by atoms with Gasteiger partial charge in [0.05, 0.1) is 32.0 Å². The predicted molar refractivity (Wildman–Crippen MR) is 114 cm³/mol. The maximum Gasteiger partial charge on any atom is 0.319 e. The number of benzene rings is 1. The van der Waals surface area contributed by atoms with Gasteiger partial charge in [-0.1, -0.05) is 11.6 Å². The molecule has 0 atom stereocenters. The number of aromatic nitrogens is 1. The Morgan fingerprint density at radius 1 is 1.03 bits per heavy atom. The Morgan fingerprint density at radius 2 is 1.70 bits per heavy atom. The van der Waals surface area contributed by atoms with Crippen LogP contribution in [0.15, 0.2) is 30.5 Å². The second-order valence-corrected chi connectivity index (χ2v) is 7.36. The quantitative estimate of drug-likeness (QED) is 0.674. The van der Waals surface area contributed by atoms with Crippen molar-refractivity contribution in [2.45, 2.75) is 37.8 Å². The molecule has 0 radical (unpaired) electrons. The average molecular weight is 436 g/mol. The van der Waals surface area contributed by atoms with Crippen molar-refractivity contribution in [2.24, 2.45) is 0 Å². The van der Waals surface area contributed by atoms with Crippen molar-refractivity contribution >= 4 is 23.3 Å². The highest BCUT2D eigenvalue weighted by Gasteiger charge is 2.24. The number of halogens is 1. The van der Waals surface area contributed by atoms with Crippen LogP contribution in [0.4, 0.5) is 10.5 Å². The minimum atomic E-state index is -0.284. The van der Waals surface area contributed by atoms with E-state index in [9.17, 15) is 4.79 Å². The molecule has 1 heterocycles. The lowest BCUT2D eigenvalue weighted by atomic mass is 9.93. The van der Waals surface area contributed by atoms with Gasteiger partial charge in [0, 0.05) is 30.4 Å². The molecule has 2 N–H and O–H groups in total. The molecular formula is C21H26ClN3O5. The van der Waals surface area contributed by atoms with Crippen molar-refractivity contribution in [3.05, 3.63) is 35.5 Å². The molecule has 1 saturated carbocycles. The molecular weight excluding hydrogens is 410 g/mol. The van der Waals surface area contributed by atoms with Gasteiger partial charge in [0.15, 0.2) is 11.5 Å². The highest BCUT2D eigenvalue weighted by Crippen LogP contribution is 2.39. The zero-order valence-electron chi connectivity index (χ0n) is 17.2. The normalized spacial score (nSPS) is 18.3. The molecule has 9 heteroatoms. The minimum Gasteiger partial charge on any atom is -0.493 e. The van der Waals surface area contributed by atoms with Gasteiger partial charge in [-0.05, 0) is 31.7 Å². The summed E-state index contributed by atoms with van der Waals surface area (Å²) in [6.07, 6.45) is 4.95. The molecule has 2 aromatic rings. The van der Waals surface area contributed by atoms with Crippen LogP contribution < -0.4 is 29.6 Å². The molecule has 0 aliphatic heterocycles. The predicted octanol–water partition coefficient (Wildman–Crippen LogP) is 4.27. The van der Waals surface area contributed by atoms with E-state index in [0.717, 1.165) is 25.7 Å². The Kier molecular flexibility index (Phi) is 7.46. The third-order valence-corrected chi connectivity index (χ3v) is 5.14. The van der Waals surface area contributed by atoms with Crippen LogP contribution in [0.2, 0.25) is 5.02 Å². The number of methoxy groups -OCH3 is 3. The zero-order chi connectivity index (χ0) is 21.5. The SMILES string of the molecule is COc1cc(NC(=O)NC2CCC(Oc3ccc(Cl)cn3)CC2)cc(OC)c1OC. The zero-order valence-corrected chi connectivity index (χ0v) is 18.0. The van der Waals surface area contributed by atoms with E-state index in [1.54, 1.807) is 30.5 Å². The second-order valence-electron chi connectivity index (χ2n) is 6.92. The summed E-state index contributed by atoms with van der Waals surface area (Å²) in [5.74, 6) is 1.98. The summed E-state index contributed by atoms with van der Waals surface area (Å²) in [5.41, 5.74) is 0.549. The van der Waals surface area contributed by atoms with Gasteiger partial charge in [0.2, 0.25) is 11.6 Å². The highest BCUT2D eigenvalue weighted by atomic mass is 35.5. The van der Waals surface area contributed by atoms with Crippen molar-refractivity contribution in [3.63, 3.8) is 0 Å². The van der Waals surface area contributed by atoms with Gasteiger partial charge in [0.25, 0.3) is 0 Å². The van der Waals surface area contributed by atoms with Crippen LogP contribution in [0.25, 0.3) is 0 Å². The first-order chi connectivity index (χ1) is 14.5. The van der Waals surface area contributed by atoms with Crippen LogP contribution >= 0.6 is 11.6 Å². The number of ether oxygens (including phenoxy) is 4. The highest BCUT2D eigenvalue weighted by molar-refractivity contribution is 6.30. The van der Waals surface area contributed by atoms with Crippen LogP contribution in [0, 0.1) is 0 Å². The molecule has 1 aliphatic rings. The molecule has 2 amide bonds. The summed E-state index contributed by atoms with van der Waals surface area (Å²) in [7, 11) is 4.59. The number of hydrogen-bond acceptors (Lipinski definition) is 6. The Labute approximate surface area is 180 Å². The number of pyridine rings is 1. The monoisotopic (exact) mass is 435 g/mol. The fourth-order valence-electron chi connectivity index (χ4n) is 3.43. The summed E-state index contributed by atoms with van der Waals surface area (Å²) in [4.78, 5) is 16.6. The molecule has 1 fully saturated rings. The number of carbonyl (C=O) groups is 1. The number of nitrogens with one attached hydrogen (secondary N) is 2. The molecule has 0 unspecified atom stereocenters. The molecule has 30 heavy (non-hydrogen) atoms. The molecule has 1 aliphatic carbocycles. The first kappa shape index (κ1) is 21.8. The molecule has 8 nitrogen and oxygen atoms in total. The summed E-state index contributed by atoms with van der Waals surface area (Å²) < 4.78 is 21.8. The van der Waals surface area contributed by atoms with Crippen LogP contribution in [0.1, 0.15) is 25.7 Å². The topological polar surface area (TPSA) is 90.9 Å². The fourth-order valence-corrected chi connectivity index (χ4v) is 3.55. The third kappa shape index (κ3) is 5.60. The fraction of sp³-hybridized carbons (Fsp3) is 0.429. The van der Waals surface area contributed by atoms with E-state index in [2.05, 4.69) is 15.6 Å². The summed E-state index contributed by atoms with van der Waals surface area (Å²) in [5, 5.41) is 6.42. The van der Waals surface area contributed by atoms with Gasteiger partial charge in [-0.3, -0.25) is 0 Å². The Morgan fingerprint density at radius 3 is 2.23 bits per heavy atom. The van der Waals surface area contributed by atoms with E-state index >= 15 is 0 Å². The summed E-state index contributed by atoms with van der Waals surface area (Å²) in [6, 6.07) is 6.68. The Bertz CT molecular complexity index is 829. The molecule has 0 saturated heterocycles. The lowest BCUT2D eigenvalue weighted by molar-refractivity contribution is 0.135. The van der Waals surface area contributed by atoms with Crippen LogP contribution in [0.5, 0.6) is 23.1 Å². The number of nitrogens with zero attached hydrogens (tertiary/aromatic N) is 1. The summed E-state index contributed by atoms with van der Waals surface area (Å²) >= 11 is 5.84. The van der Waals surface area contributed by atoms with E-state index in [4.69, 9.17) is 30.5 Å². The van der Waals surface area contributed by atoms with E-state index in [-0.39, 0.29) is 18.2 Å².